The van der Waals surface area contributed by atoms with Crippen LogP contribution in [-0.2, 0) is 0 Å². The molecular weight excluding hydrogens is 131 g/mol. The first-order valence-electron chi connectivity index (χ1n) is 4.35. The van der Waals surface area contributed by atoms with Gasteiger partial charge in [0.25, 0.3) is 0 Å². The van der Waals surface area contributed by atoms with Gasteiger partial charge in [0.15, 0.2) is 0 Å². The first-order valence-corrected chi connectivity index (χ1v) is 4.35. The van der Waals surface area contributed by atoms with Gasteiger partial charge in [-0.1, -0.05) is 39.7 Å². The van der Waals surface area contributed by atoms with Crippen molar-refractivity contribution < 1.29 is 0 Å². The van der Waals surface area contributed by atoms with E-state index in [2.05, 4.69) is 47.1 Å². The van der Waals surface area contributed by atoms with Crippen LogP contribution in [0.1, 0.15) is 20.8 Å². The maximum Gasteiger partial charge on any atom is 0.139 e. The molecule has 0 saturated heterocycles. The maximum absolute atomic E-state index is 3.00. The minimum Gasteiger partial charge on any atom is -0.106 e. The Kier molecular flexibility index (Phi) is 34.8. The van der Waals surface area contributed by atoms with Crippen LogP contribution in [0.4, 0.5) is 0 Å². The third kappa shape index (κ3) is 17.7. The van der Waals surface area contributed by atoms with Crippen LogP contribution in [0.15, 0.2) is 26.3 Å². The Morgan fingerprint density at radius 1 is 0.727 bits per heavy atom. The SMILES string of the molecule is C=C.C=C.CCB(CC)CC. The molecule has 0 spiro atoms. The standard InChI is InChI=1S/C6H15B.2C2H4/c1-4-7(5-2)6-3;2*1-2/h4-6H2,1-3H3;2*1-2H2. The average Bonchev–Trinajstić information content (AvgIpc) is 2.14. The van der Waals surface area contributed by atoms with Gasteiger partial charge in [0, 0.05) is 0 Å². The summed E-state index contributed by atoms with van der Waals surface area (Å²) in [6.07, 6.45) is 4.06. The molecule has 0 N–H and O–H groups in total. The summed E-state index contributed by atoms with van der Waals surface area (Å²) in [5.41, 5.74) is 0. The van der Waals surface area contributed by atoms with E-state index < -0.39 is 0 Å². The molecule has 0 unspecified atom stereocenters. The first kappa shape index (κ1) is 16.9. The third-order valence-electron chi connectivity index (χ3n) is 1.73. The first-order chi connectivity index (χ1) is 5.35. The van der Waals surface area contributed by atoms with Crippen LogP contribution >= 0.6 is 0 Å². The summed E-state index contributed by atoms with van der Waals surface area (Å²) in [6.45, 7) is 19.8. The van der Waals surface area contributed by atoms with Gasteiger partial charge in [-0.3, -0.25) is 0 Å². The van der Waals surface area contributed by atoms with Crippen molar-refractivity contribution in [3.63, 3.8) is 0 Å². The van der Waals surface area contributed by atoms with Crippen molar-refractivity contribution >= 4 is 6.71 Å². The molecule has 0 nitrogen and oxygen atoms in total. The van der Waals surface area contributed by atoms with Crippen LogP contribution in [0.2, 0.25) is 19.0 Å². The normalized spacial score (nSPS) is 6.45. The molecule has 11 heavy (non-hydrogen) atoms. The molecule has 66 valence electrons. The van der Waals surface area contributed by atoms with Gasteiger partial charge in [-0.2, -0.15) is 0 Å². The van der Waals surface area contributed by atoms with Gasteiger partial charge in [0.05, 0.1) is 0 Å². The molecule has 0 aromatic heterocycles. The minimum absolute atomic E-state index is 0.986. The molecule has 0 bridgehead atoms. The zero-order valence-electron chi connectivity index (χ0n) is 8.53. The lowest BCUT2D eigenvalue weighted by molar-refractivity contribution is 1.24. The van der Waals surface area contributed by atoms with Gasteiger partial charge in [-0.15, -0.1) is 26.3 Å². The van der Waals surface area contributed by atoms with Crippen LogP contribution in [0.3, 0.4) is 0 Å². The molecule has 0 rings (SSSR count). The van der Waals surface area contributed by atoms with E-state index in [-0.39, 0.29) is 0 Å². The van der Waals surface area contributed by atoms with Crippen LogP contribution < -0.4 is 0 Å². The van der Waals surface area contributed by atoms with Crippen molar-refractivity contribution in [3.05, 3.63) is 26.3 Å². The zero-order chi connectivity index (χ0) is 9.70. The van der Waals surface area contributed by atoms with Crippen molar-refractivity contribution in [1.82, 2.24) is 0 Å². The number of hydrogen-bond donors (Lipinski definition) is 0. The number of rotatable bonds is 3. The van der Waals surface area contributed by atoms with Gasteiger partial charge in [-0.25, -0.2) is 0 Å². The van der Waals surface area contributed by atoms with Crippen LogP contribution in [0.5, 0.6) is 0 Å². The Labute approximate surface area is 73.5 Å². The number of hydrogen-bond acceptors (Lipinski definition) is 0. The monoisotopic (exact) mass is 154 g/mol. The van der Waals surface area contributed by atoms with E-state index >= 15 is 0 Å². The Hall–Kier alpha value is -0.455. The lowest BCUT2D eigenvalue weighted by Gasteiger charge is -2.00. The van der Waals surface area contributed by atoms with Gasteiger partial charge in [-0.05, 0) is 0 Å². The summed E-state index contributed by atoms with van der Waals surface area (Å²) in [5, 5.41) is 0. The predicted molar refractivity (Wildman–Crippen MR) is 59.7 cm³/mol. The van der Waals surface area contributed by atoms with Crippen molar-refractivity contribution in [2.75, 3.05) is 0 Å². The molecule has 0 aliphatic rings. The summed E-state index contributed by atoms with van der Waals surface area (Å²) in [7, 11) is 0. The second kappa shape index (κ2) is 22.7. The maximum atomic E-state index is 3.00. The quantitative estimate of drug-likeness (QED) is 0.423. The lowest BCUT2D eigenvalue weighted by atomic mass is 9.44. The van der Waals surface area contributed by atoms with Crippen molar-refractivity contribution in [1.29, 1.82) is 0 Å². The van der Waals surface area contributed by atoms with Crippen molar-refractivity contribution in [3.8, 4) is 0 Å². The highest BCUT2D eigenvalue weighted by molar-refractivity contribution is 6.58. The fourth-order valence-corrected chi connectivity index (χ4v) is 0.866. The third-order valence-corrected chi connectivity index (χ3v) is 1.73. The topological polar surface area (TPSA) is 0 Å². The summed E-state index contributed by atoms with van der Waals surface area (Å²) in [5.74, 6) is 0. The highest BCUT2D eigenvalue weighted by Gasteiger charge is 2.01. The molecular formula is C10H23B. The largest absolute Gasteiger partial charge is 0.139 e. The highest BCUT2D eigenvalue weighted by atomic mass is 13.7. The highest BCUT2D eigenvalue weighted by Crippen LogP contribution is 2.01. The van der Waals surface area contributed by atoms with E-state index in [4.69, 9.17) is 0 Å². The fourth-order valence-electron chi connectivity index (χ4n) is 0.866. The summed E-state index contributed by atoms with van der Waals surface area (Å²) < 4.78 is 0. The molecule has 0 aromatic carbocycles. The summed E-state index contributed by atoms with van der Waals surface area (Å²) in [4.78, 5) is 0. The molecule has 0 aromatic rings. The molecule has 0 fully saturated rings. The summed E-state index contributed by atoms with van der Waals surface area (Å²) in [6, 6.07) is 0. The predicted octanol–water partition coefficient (Wildman–Crippen LogP) is 4.15. The van der Waals surface area contributed by atoms with E-state index in [1.165, 1.54) is 19.0 Å². The zero-order valence-corrected chi connectivity index (χ0v) is 8.53. The van der Waals surface area contributed by atoms with Gasteiger partial charge in [0.2, 0.25) is 0 Å². The van der Waals surface area contributed by atoms with Gasteiger partial charge >= 0.3 is 0 Å². The fraction of sp³-hybridized carbons (Fsp3) is 0.600. The van der Waals surface area contributed by atoms with Crippen molar-refractivity contribution in [2.45, 2.75) is 39.7 Å². The average molecular weight is 154 g/mol. The molecule has 1 heteroatoms. The van der Waals surface area contributed by atoms with Crippen LogP contribution in [-0.4, -0.2) is 6.71 Å². The van der Waals surface area contributed by atoms with E-state index in [9.17, 15) is 0 Å². The molecule has 0 radical (unpaired) electrons. The van der Waals surface area contributed by atoms with E-state index in [0.29, 0.717) is 0 Å². The van der Waals surface area contributed by atoms with Crippen LogP contribution in [0.25, 0.3) is 0 Å². The molecule has 0 saturated carbocycles. The molecule has 0 aliphatic carbocycles. The van der Waals surface area contributed by atoms with E-state index in [0.717, 1.165) is 6.71 Å². The molecule has 0 amide bonds. The second-order valence-electron chi connectivity index (χ2n) is 2.09. The Morgan fingerprint density at radius 2 is 0.909 bits per heavy atom. The van der Waals surface area contributed by atoms with Crippen LogP contribution in [0, 0.1) is 0 Å². The van der Waals surface area contributed by atoms with Crippen molar-refractivity contribution in [2.24, 2.45) is 0 Å². The lowest BCUT2D eigenvalue weighted by Crippen LogP contribution is -2.04. The Morgan fingerprint density at radius 3 is 0.909 bits per heavy atom. The molecule has 0 aliphatic heterocycles. The minimum atomic E-state index is 0.986. The van der Waals surface area contributed by atoms with E-state index in [1.54, 1.807) is 0 Å². The smallest absolute Gasteiger partial charge is 0.106 e. The molecule has 0 atom stereocenters. The second-order valence-corrected chi connectivity index (χ2v) is 2.09. The summed E-state index contributed by atoms with van der Waals surface area (Å²) >= 11 is 0. The van der Waals surface area contributed by atoms with Gasteiger partial charge in [0.1, 0.15) is 6.71 Å². The Bertz CT molecular complexity index is 41.3. The Balaban J connectivity index is -0.000000138. The van der Waals surface area contributed by atoms with Gasteiger partial charge < -0.3 is 0 Å². The van der Waals surface area contributed by atoms with E-state index in [1.807, 2.05) is 0 Å². The molecule has 0 heterocycles.